The van der Waals surface area contributed by atoms with E-state index in [9.17, 15) is 4.79 Å². The van der Waals surface area contributed by atoms with Gasteiger partial charge in [0.05, 0.1) is 22.3 Å². The Morgan fingerprint density at radius 1 is 1.21 bits per heavy atom. The van der Waals surface area contributed by atoms with Crippen LogP contribution in [-0.4, -0.2) is 30.5 Å². The van der Waals surface area contributed by atoms with Crippen molar-refractivity contribution in [1.29, 1.82) is 0 Å². The zero-order valence-corrected chi connectivity index (χ0v) is 17.8. The van der Waals surface area contributed by atoms with Crippen molar-refractivity contribution in [2.75, 3.05) is 0 Å². The fraction of sp³-hybridized carbons (Fsp3) is 0.333. The number of thiophene rings is 1. The number of nitrogens with zero attached hydrogens (tertiary/aromatic N) is 5. The molecule has 1 aromatic carbocycles. The molecule has 0 spiro atoms. The van der Waals surface area contributed by atoms with Crippen molar-refractivity contribution >= 4 is 27.5 Å². The second-order valence-electron chi connectivity index (χ2n) is 7.62. The van der Waals surface area contributed by atoms with Crippen molar-refractivity contribution < 1.29 is 4.79 Å². The summed E-state index contributed by atoms with van der Waals surface area (Å²) in [5.74, 6) is 0.437. The van der Waals surface area contributed by atoms with Crippen LogP contribution in [0, 0.1) is 12.8 Å². The summed E-state index contributed by atoms with van der Waals surface area (Å²) in [7, 11) is 0. The number of rotatable bonds is 6. The molecule has 1 N–H and O–H groups in total. The minimum absolute atomic E-state index is 0.0606. The van der Waals surface area contributed by atoms with Gasteiger partial charge >= 0.3 is 0 Å². The molecule has 29 heavy (non-hydrogen) atoms. The molecule has 3 heterocycles. The summed E-state index contributed by atoms with van der Waals surface area (Å²) in [6.07, 6.45) is 3.16. The van der Waals surface area contributed by atoms with E-state index in [1.807, 2.05) is 48.9 Å². The highest BCUT2D eigenvalue weighted by Crippen LogP contribution is 2.29. The minimum atomic E-state index is -0.106. The van der Waals surface area contributed by atoms with E-state index >= 15 is 0 Å². The second-order valence-corrected chi connectivity index (χ2v) is 8.65. The van der Waals surface area contributed by atoms with Crippen LogP contribution in [-0.2, 0) is 6.54 Å². The molecule has 8 heteroatoms. The Hall–Kier alpha value is -3.00. The third kappa shape index (κ3) is 3.93. The van der Waals surface area contributed by atoms with Gasteiger partial charge in [0.2, 0.25) is 0 Å². The van der Waals surface area contributed by atoms with Crippen LogP contribution in [0.15, 0.2) is 43.0 Å². The van der Waals surface area contributed by atoms with Crippen molar-refractivity contribution in [2.45, 2.75) is 40.3 Å². The third-order valence-electron chi connectivity index (χ3n) is 4.79. The van der Waals surface area contributed by atoms with Crippen molar-refractivity contribution in [3.8, 4) is 5.69 Å². The zero-order chi connectivity index (χ0) is 20.5. The molecular weight excluding hydrogens is 384 g/mol. The standard InChI is InChI=1S/C21H24N6OS/c1-13(2)10-26-21-18(15(4)25-26)9-19(29-21)20(28)24-14(3)16-5-7-17(8-6-16)27-12-22-11-23-27/h5-9,11-14H,10H2,1-4H3,(H,24,28). The SMILES string of the molecule is Cc1nn(CC(C)C)c2sc(C(=O)NC(C)c3ccc(-n4cncn4)cc3)cc12. The Bertz CT molecular complexity index is 1120. The van der Waals surface area contributed by atoms with E-state index in [1.165, 1.54) is 17.7 Å². The van der Waals surface area contributed by atoms with E-state index in [0.717, 1.165) is 33.7 Å². The maximum Gasteiger partial charge on any atom is 0.261 e. The first-order valence-electron chi connectivity index (χ1n) is 9.65. The first-order chi connectivity index (χ1) is 13.9. The topological polar surface area (TPSA) is 77.6 Å². The highest BCUT2D eigenvalue weighted by molar-refractivity contribution is 7.20. The maximum absolute atomic E-state index is 12.8. The summed E-state index contributed by atoms with van der Waals surface area (Å²) in [5, 5.41) is 12.9. The third-order valence-corrected chi connectivity index (χ3v) is 5.94. The Kier molecular flexibility index (Phi) is 5.19. The van der Waals surface area contributed by atoms with E-state index in [0.29, 0.717) is 10.8 Å². The number of aromatic nitrogens is 5. The number of amides is 1. The summed E-state index contributed by atoms with van der Waals surface area (Å²) >= 11 is 1.50. The Morgan fingerprint density at radius 2 is 1.97 bits per heavy atom. The van der Waals surface area contributed by atoms with Crippen LogP contribution in [0.4, 0.5) is 0 Å². The van der Waals surface area contributed by atoms with Gasteiger partial charge < -0.3 is 5.32 Å². The van der Waals surface area contributed by atoms with Crippen molar-refractivity contribution in [1.82, 2.24) is 29.9 Å². The van der Waals surface area contributed by atoms with E-state index in [2.05, 4.69) is 34.3 Å². The molecule has 7 nitrogen and oxygen atoms in total. The van der Waals surface area contributed by atoms with Crippen LogP contribution in [0.3, 0.4) is 0 Å². The van der Waals surface area contributed by atoms with Crippen LogP contribution in [0.2, 0.25) is 0 Å². The van der Waals surface area contributed by atoms with E-state index in [1.54, 1.807) is 11.0 Å². The molecule has 0 aliphatic rings. The lowest BCUT2D eigenvalue weighted by molar-refractivity contribution is 0.0944. The van der Waals surface area contributed by atoms with E-state index in [-0.39, 0.29) is 11.9 Å². The molecule has 0 bridgehead atoms. The molecule has 0 radical (unpaired) electrons. The van der Waals surface area contributed by atoms with Gasteiger partial charge in [-0.25, -0.2) is 9.67 Å². The van der Waals surface area contributed by atoms with Gasteiger partial charge in [-0.3, -0.25) is 9.48 Å². The van der Waals surface area contributed by atoms with Crippen LogP contribution in [0.25, 0.3) is 15.9 Å². The number of carbonyl (C=O) groups excluding carboxylic acids is 1. The number of aryl methyl sites for hydroxylation is 1. The van der Waals surface area contributed by atoms with Crippen molar-refractivity contribution in [2.24, 2.45) is 5.92 Å². The minimum Gasteiger partial charge on any atom is -0.345 e. The lowest BCUT2D eigenvalue weighted by atomic mass is 10.1. The van der Waals surface area contributed by atoms with Gasteiger partial charge in [0.1, 0.15) is 17.5 Å². The lowest BCUT2D eigenvalue weighted by Gasteiger charge is -2.14. The normalized spacial score (nSPS) is 12.6. The quantitative estimate of drug-likeness (QED) is 0.520. The molecule has 0 saturated heterocycles. The molecule has 0 fully saturated rings. The number of fused-ring (bicyclic) bond motifs is 1. The maximum atomic E-state index is 12.8. The van der Waals surface area contributed by atoms with E-state index < -0.39 is 0 Å². The fourth-order valence-corrected chi connectivity index (χ4v) is 4.38. The van der Waals surface area contributed by atoms with Gasteiger partial charge in [-0.2, -0.15) is 10.2 Å². The van der Waals surface area contributed by atoms with E-state index in [4.69, 9.17) is 0 Å². The van der Waals surface area contributed by atoms with Crippen LogP contribution in [0.5, 0.6) is 0 Å². The molecule has 1 atom stereocenters. The number of carbonyl (C=O) groups is 1. The summed E-state index contributed by atoms with van der Waals surface area (Å²) < 4.78 is 3.72. The second kappa shape index (κ2) is 7.79. The monoisotopic (exact) mass is 408 g/mol. The van der Waals surface area contributed by atoms with Gasteiger partial charge in [-0.1, -0.05) is 26.0 Å². The van der Waals surface area contributed by atoms with Gasteiger partial charge in [0.15, 0.2) is 0 Å². The largest absolute Gasteiger partial charge is 0.345 e. The fourth-order valence-electron chi connectivity index (χ4n) is 3.30. The number of nitrogens with one attached hydrogen (secondary N) is 1. The van der Waals surface area contributed by atoms with Gasteiger partial charge in [-0.15, -0.1) is 11.3 Å². The number of benzene rings is 1. The van der Waals surface area contributed by atoms with Gasteiger partial charge in [0.25, 0.3) is 5.91 Å². The highest BCUT2D eigenvalue weighted by atomic mass is 32.1. The average Bonchev–Trinajstić information content (AvgIpc) is 3.41. The zero-order valence-electron chi connectivity index (χ0n) is 17.0. The van der Waals surface area contributed by atoms with Crippen molar-refractivity contribution in [3.63, 3.8) is 0 Å². The molecular formula is C21H24N6OS. The van der Waals surface area contributed by atoms with Crippen molar-refractivity contribution in [3.05, 3.63) is 59.1 Å². The molecule has 1 unspecified atom stereocenters. The summed E-state index contributed by atoms with van der Waals surface area (Å²) in [4.78, 5) is 18.6. The predicted octanol–water partition coefficient (Wildman–Crippen LogP) is 4.13. The summed E-state index contributed by atoms with van der Waals surface area (Å²) in [6, 6.07) is 9.78. The Balaban J connectivity index is 1.50. The first kappa shape index (κ1) is 19.3. The molecule has 0 aliphatic carbocycles. The molecule has 1 amide bonds. The molecule has 0 saturated carbocycles. The smallest absolute Gasteiger partial charge is 0.261 e. The van der Waals surface area contributed by atoms with Gasteiger partial charge in [0, 0.05) is 11.9 Å². The lowest BCUT2D eigenvalue weighted by Crippen LogP contribution is -2.25. The van der Waals surface area contributed by atoms with Crippen LogP contribution < -0.4 is 5.32 Å². The molecule has 0 aliphatic heterocycles. The molecule has 3 aromatic heterocycles. The highest BCUT2D eigenvalue weighted by Gasteiger charge is 2.18. The van der Waals surface area contributed by atoms with Crippen LogP contribution in [0.1, 0.15) is 47.7 Å². The molecule has 4 rings (SSSR count). The summed E-state index contributed by atoms with van der Waals surface area (Å²) in [5.41, 5.74) is 2.93. The molecule has 150 valence electrons. The Labute approximate surface area is 173 Å². The predicted molar refractivity (Wildman–Crippen MR) is 114 cm³/mol. The first-order valence-corrected chi connectivity index (χ1v) is 10.5. The average molecular weight is 409 g/mol. The Morgan fingerprint density at radius 3 is 2.62 bits per heavy atom. The number of hydrogen-bond donors (Lipinski definition) is 1. The summed E-state index contributed by atoms with van der Waals surface area (Å²) in [6.45, 7) is 9.16. The number of hydrogen-bond acceptors (Lipinski definition) is 5. The van der Waals surface area contributed by atoms with Gasteiger partial charge in [-0.05, 0) is 43.5 Å². The molecule has 4 aromatic rings. The van der Waals surface area contributed by atoms with Crippen LogP contribution >= 0.6 is 11.3 Å².